The Balaban J connectivity index is 1.98. The first-order valence-corrected chi connectivity index (χ1v) is 7.86. The summed E-state index contributed by atoms with van der Waals surface area (Å²) in [6.45, 7) is 2.20. The molecular weight excluding hydrogens is 252 g/mol. The number of hydrogen-bond donors (Lipinski definition) is 0. The van der Waals surface area contributed by atoms with E-state index >= 15 is 0 Å². The molecule has 5 atom stereocenters. The van der Waals surface area contributed by atoms with Gasteiger partial charge >= 0.3 is 5.97 Å². The zero-order chi connectivity index (χ0) is 14.3. The second-order valence-electron chi connectivity index (χ2n) is 6.93. The third-order valence-electron chi connectivity index (χ3n) is 5.96. The van der Waals surface area contributed by atoms with Crippen LogP contribution in [0.4, 0.5) is 0 Å². The number of allylic oxidation sites excluding steroid dienone is 2. The summed E-state index contributed by atoms with van der Waals surface area (Å²) >= 11 is 0. The second kappa shape index (κ2) is 5.01. The molecule has 0 aliphatic heterocycles. The molecule has 3 heteroatoms. The summed E-state index contributed by atoms with van der Waals surface area (Å²) < 4.78 is 4.94. The standard InChI is InChI=1S/C17H24O3/c1-17-9-5-7-12(16(19)20-2)15(17)14(18)10-11-6-3-4-8-13(11)17/h5,9,11-13,15H,3-4,6-8,10H2,1-2H3/t11-,12+,13+,15+,17-/m1/s1. The van der Waals surface area contributed by atoms with Gasteiger partial charge in [0.1, 0.15) is 5.78 Å². The summed E-state index contributed by atoms with van der Waals surface area (Å²) in [4.78, 5) is 24.7. The normalized spacial score (nSPS) is 43.6. The number of esters is 1. The van der Waals surface area contributed by atoms with Crippen LogP contribution in [0.25, 0.3) is 0 Å². The molecule has 0 aromatic rings. The summed E-state index contributed by atoms with van der Waals surface area (Å²) in [5, 5.41) is 0. The molecule has 0 bridgehead atoms. The second-order valence-corrected chi connectivity index (χ2v) is 6.93. The average molecular weight is 276 g/mol. The molecule has 2 saturated carbocycles. The van der Waals surface area contributed by atoms with Crippen molar-refractivity contribution in [2.45, 2.75) is 45.4 Å². The number of fused-ring (bicyclic) bond motifs is 3. The van der Waals surface area contributed by atoms with Gasteiger partial charge in [0.25, 0.3) is 0 Å². The van der Waals surface area contributed by atoms with Gasteiger partial charge in [-0.15, -0.1) is 0 Å². The lowest BCUT2D eigenvalue weighted by Gasteiger charge is -2.53. The zero-order valence-electron chi connectivity index (χ0n) is 12.4. The number of ether oxygens (including phenoxy) is 1. The fraction of sp³-hybridized carbons (Fsp3) is 0.765. The van der Waals surface area contributed by atoms with Crippen molar-refractivity contribution in [2.75, 3.05) is 7.11 Å². The van der Waals surface area contributed by atoms with Crippen molar-refractivity contribution in [1.82, 2.24) is 0 Å². The third kappa shape index (κ3) is 1.94. The number of carbonyl (C=O) groups is 2. The van der Waals surface area contributed by atoms with Gasteiger partial charge in [0, 0.05) is 12.3 Å². The Morgan fingerprint density at radius 1 is 1.35 bits per heavy atom. The van der Waals surface area contributed by atoms with Crippen molar-refractivity contribution >= 4 is 11.8 Å². The molecule has 0 heterocycles. The number of hydrogen-bond acceptors (Lipinski definition) is 3. The van der Waals surface area contributed by atoms with Crippen molar-refractivity contribution in [3.63, 3.8) is 0 Å². The maximum Gasteiger partial charge on any atom is 0.309 e. The quantitative estimate of drug-likeness (QED) is 0.546. The van der Waals surface area contributed by atoms with E-state index in [0.29, 0.717) is 24.7 Å². The molecule has 3 aliphatic rings. The molecule has 0 N–H and O–H groups in total. The highest BCUT2D eigenvalue weighted by atomic mass is 16.5. The van der Waals surface area contributed by atoms with Crippen molar-refractivity contribution < 1.29 is 14.3 Å². The topological polar surface area (TPSA) is 43.4 Å². The monoisotopic (exact) mass is 276 g/mol. The highest BCUT2D eigenvalue weighted by molar-refractivity contribution is 5.89. The van der Waals surface area contributed by atoms with Crippen LogP contribution in [0.3, 0.4) is 0 Å². The first kappa shape index (κ1) is 13.8. The molecule has 20 heavy (non-hydrogen) atoms. The summed E-state index contributed by atoms with van der Waals surface area (Å²) in [6.07, 6.45) is 10.5. The van der Waals surface area contributed by atoms with Crippen molar-refractivity contribution in [3.05, 3.63) is 12.2 Å². The van der Waals surface area contributed by atoms with Crippen LogP contribution in [-0.2, 0) is 14.3 Å². The Labute approximate surface area is 120 Å². The lowest BCUT2D eigenvalue weighted by molar-refractivity contribution is -0.158. The number of Topliss-reactive ketones (excluding diaryl/α,β-unsaturated/α-hetero) is 1. The Hall–Kier alpha value is -1.12. The molecule has 3 rings (SSSR count). The third-order valence-corrected chi connectivity index (χ3v) is 5.96. The molecule has 0 amide bonds. The van der Waals surface area contributed by atoms with Crippen LogP contribution < -0.4 is 0 Å². The highest BCUT2D eigenvalue weighted by Crippen LogP contribution is 2.57. The zero-order valence-corrected chi connectivity index (χ0v) is 12.4. The molecule has 110 valence electrons. The van der Waals surface area contributed by atoms with E-state index in [9.17, 15) is 9.59 Å². The van der Waals surface area contributed by atoms with Crippen LogP contribution in [0.2, 0.25) is 0 Å². The molecule has 0 aromatic heterocycles. The van der Waals surface area contributed by atoms with E-state index in [0.717, 1.165) is 0 Å². The van der Waals surface area contributed by atoms with E-state index in [1.165, 1.54) is 32.8 Å². The van der Waals surface area contributed by atoms with Crippen LogP contribution in [0.15, 0.2) is 12.2 Å². The fourth-order valence-corrected chi connectivity index (χ4v) is 5.11. The molecule has 0 saturated heterocycles. The smallest absolute Gasteiger partial charge is 0.309 e. The van der Waals surface area contributed by atoms with Gasteiger partial charge in [-0.05, 0) is 36.5 Å². The van der Waals surface area contributed by atoms with E-state index in [-0.39, 0.29) is 29.0 Å². The molecule has 3 aliphatic carbocycles. The largest absolute Gasteiger partial charge is 0.469 e. The average Bonchev–Trinajstić information content (AvgIpc) is 2.45. The Bertz CT molecular complexity index is 453. The van der Waals surface area contributed by atoms with Gasteiger partial charge in [0.15, 0.2) is 0 Å². The first-order valence-electron chi connectivity index (χ1n) is 7.86. The molecule has 0 aromatic carbocycles. The molecule has 0 unspecified atom stereocenters. The SMILES string of the molecule is COC(=O)[C@H]1CC=C[C@@]2(C)[C@@H]1C(=O)C[C@H]1CCCC[C@@H]12. The maximum atomic E-state index is 12.7. The van der Waals surface area contributed by atoms with Crippen molar-refractivity contribution in [3.8, 4) is 0 Å². The number of ketones is 1. The number of rotatable bonds is 1. The minimum absolute atomic E-state index is 0.141. The maximum absolute atomic E-state index is 12.7. The molecule has 0 spiro atoms. The van der Waals surface area contributed by atoms with Crippen LogP contribution in [0.1, 0.15) is 45.4 Å². The lowest BCUT2D eigenvalue weighted by Crippen LogP contribution is -2.53. The summed E-state index contributed by atoms with van der Waals surface area (Å²) in [5.74, 6) is 0.717. The van der Waals surface area contributed by atoms with Gasteiger partial charge in [-0.3, -0.25) is 9.59 Å². The van der Waals surface area contributed by atoms with Gasteiger partial charge in [-0.2, -0.15) is 0 Å². The molecular formula is C17H24O3. The number of carbonyl (C=O) groups excluding carboxylic acids is 2. The van der Waals surface area contributed by atoms with Crippen molar-refractivity contribution in [2.24, 2.45) is 29.1 Å². The van der Waals surface area contributed by atoms with E-state index in [2.05, 4.69) is 19.1 Å². The minimum atomic E-state index is -0.273. The van der Waals surface area contributed by atoms with Gasteiger partial charge in [-0.1, -0.05) is 31.9 Å². The van der Waals surface area contributed by atoms with E-state index < -0.39 is 0 Å². The van der Waals surface area contributed by atoms with Gasteiger partial charge in [-0.25, -0.2) is 0 Å². The lowest BCUT2D eigenvalue weighted by atomic mass is 9.49. The van der Waals surface area contributed by atoms with Gasteiger partial charge in [0.05, 0.1) is 13.0 Å². The summed E-state index contributed by atoms with van der Waals surface area (Å²) in [6, 6.07) is 0. The van der Waals surface area contributed by atoms with Crippen LogP contribution in [-0.4, -0.2) is 18.9 Å². The van der Waals surface area contributed by atoms with Crippen LogP contribution in [0.5, 0.6) is 0 Å². The summed E-state index contributed by atoms with van der Waals surface area (Å²) in [7, 11) is 1.43. The van der Waals surface area contributed by atoms with E-state index in [1.54, 1.807) is 0 Å². The van der Waals surface area contributed by atoms with Gasteiger partial charge < -0.3 is 4.74 Å². The molecule has 2 fully saturated rings. The predicted molar refractivity (Wildman–Crippen MR) is 75.9 cm³/mol. The predicted octanol–water partition coefficient (Wildman–Crippen LogP) is 3.14. The summed E-state index contributed by atoms with van der Waals surface area (Å²) in [5.41, 5.74) is -0.141. The Morgan fingerprint density at radius 2 is 2.10 bits per heavy atom. The van der Waals surface area contributed by atoms with E-state index in [4.69, 9.17) is 4.74 Å². The molecule has 0 radical (unpaired) electrons. The Morgan fingerprint density at radius 3 is 2.85 bits per heavy atom. The van der Waals surface area contributed by atoms with Crippen LogP contribution in [0, 0.1) is 29.1 Å². The van der Waals surface area contributed by atoms with Gasteiger partial charge in [0.2, 0.25) is 0 Å². The first-order chi connectivity index (χ1) is 9.58. The minimum Gasteiger partial charge on any atom is -0.469 e. The highest BCUT2D eigenvalue weighted by Gasteiger charge is 2.56. The Kier molecular flexibility index (Phi) is 3.47. The molecule has 3 nitrogen and oxygen atoms in total. The fourth-order valence-electron chi connectivity index (χ4n) is 5.11. The van der Waals surface area contributed by atoms with Crippen LogP contribution >= 0.6 is 0 Å². The van der Waals surface area contributed by atoms with Crippen molar-refractivity contribution in [1.29, 1.82) is 0 Å². The van der Waals surface area contributed by atoms with E-state index in [1.807, 2.05) is 0 Å². The number of methoxy groups -OCH3 is 1.